The highest BCUT2D eigenvalue weighted by molar-refractivity contribution is 14.0. The van der Waals surface area contributed by atoms with Gasteiger partial charge in [0, 0.05) is 48.1 Å². The number of aliphatic imine (C=N–C) groups is 1. The molecule has 8 nitrogen and oxygen atoms in total. The standard InChI is InChI=1S/C19H26N4O4S2.HI/c1-13-11-18(14(2)28-13)29(24,25)22-8-7-21-19(20-3)23-15-5-6-16-17(12-15)27-10-4-9-26-16;/h5-6,11-12,22H,4,7-10H2,1-3H3,(H2,20,21,23);1H. The molecule has 3 N–H and O–H groups in total. The van der Waals surface area contributed by atoms with E-state index in [2.05, 4.69) is 20.3 Å². The first-order chi connectivity index (χ1) is 13.9. The number of hydrogen-bond acceptors (Lipinski definition) is 6. The average molecular weight is 566 g/mol. The highest BCUT2D eigenvalue weighted by atomic mass is 127. The van der Waals surface area contributed by atoms with E-state index in [1.165, 1.54) is 11.3 Å². The molecule has 0 aliphatic carbocycles. The third kappa shape index (κ3) is 6.46. The number of anilines is 1. The van der Waals surface area contributed by atoms with E-state index in [1.54, 1.807) is 13.1 Å². The van der Waals surface area contributed by atoms with Gasteiger partial charge in [-0.2, -0.15) is 0 Å². The van der Waals surface area contributed by atoms with Crippen LogP contribution in [0.4, 0.5) is 5.69 Å². The summed E-state index contributed by atoms with van der Waals surface area (Å²) >= 11 is 1.47. The molecule has 166 valence electrons. The van der Waals surface area contributed by atoms with Crippen LogP contribution >= 0.6 is 35.3 Å². The van der Waals surface area contributed by atoms with Gasteiger partial charge < -0.3 is 20.1 Å². The maximum absolute atomic E-state index is 12.4. The van der Waals surface area contributed by atoms with Crippen molar-refractivity contribution in [1.29, 1.82) is 0 Å². The van der Waals surface area contributed by atoms with Crippen LogP contribution in [0, 0.1) is 13.8 Å². The molecule has 0 spiro atoms. The monoisotopic (exact) mass is 566 g/mol. The van der Waals surface area contributed by atoms with Crippen molar-refractivity contribution < 1.29 is 17.9 Å². The molecule has 1 aliphatic heterocycles. The number of nitrogens with one attached hydrogen (secondary N) is 3. The molecule has 2 heterocycles. The van der Waals surface area contributed by atoms with Crippen molar-refractivity contribution >= 4 is 57.0 Å². The first kappa shape index (κ1) is 24.7. The molecule has 0 radical (unpaired) electrons. The summed E-state index contributed by atoms with van der Waals surface area (Å²) in [6.07, 6.45) is 0.848. The van der Waals surface area contributed by atoms with E-state index >= 15 is 0 Å². The van der Waals surface area contributed by atoms with Gasteiger partial charge in [-0.25, -0.2) is 13.1 Å². The van der Waals surface area contributed by atoms with Gasteiger partial charge in [-0.15, -0.1) is 35.3 Å². The van der Waals surface area contributed by atoms with Crippen LogP contribution in [0.3, 0.4) is 0 Å². The number of hydrogen-bond donors (Lipinski definition) is 3. The smallest absolute Gasteiger partial charge is 0.241 e. The number of guanidine groups is 1. The molecular formula is C19H27IN4O4S2. The molecule has 0 saturated heterocycles. The van der Waals surface area contributed by atoms with Gasteiger partial charge in [-0.3, -0.25) is 4.99 Å². The van der Waals surface area contributed by atoms with Crippen molar-refractivity contribution in [2.24, 2.45) is 4.99 Å². The van der Waals surface area contributed by atoms with Crippen LogP contribution in [-0.2, 0) is 10.0 Å². The highest BCUT2D eigenvalue weighted by Gasteiger charge is 2.18. The van der Waals surface area contributed by atoms with Gasteiger partial charge in [-0.05, 0) is 32.0 Å². The first-order valence-electron chi connectivity index (χ1n) is 9.33. The van der Waals surface area contributed by atoms with Crippen LogP contribution in [0.15, 0.2) is 34.2 Å². The summed E-state index contributed by atoms with van der Waals surface area (Å²) in [6, 6.07) is 7.29. The van der Waals surface area contributed by atoms with E-state index in [-0.39, 0.29) is 30.5 Å². The number of ether oxygens (including phenoxy) is 2. The minimum atomic E-state index is -3.52. The van der Waals surface area contributed by atoms with Crippen molar-refractivity contribution in [3.8, 4) is 11.5 Å². The van der Waals surface area contributed by atoms with Crippen LogP contribution in [0.5, 0.6) is 11.5 Å². The number of rotatable bonds is 6. The predicted octanol–water partition coefficient (Wildman–Crippen LogP) is 3.11. The lowest BCUT2D eigenvalue weighted by Gasteiger charge is -2.14. The molecule has 0 fully saturated rings. The Kier molecular flexibility index (Phi) is 9.19. The fourth-order valence-corrected chi connectivity index (χ4v) is 5.46. The molecule has 1 aliphatic rings. The van der Waals surface area contributed by atoms with Crippen molar-refractivity contribution in [3.05, 3.63) is 34.0 Å². The molecule has 3 rings (SSSR count). The zero-order chi connectivity index (χ0) is 20.9. The number of aryl methyl sites for hydroxylation is 2. The molecule has 1 aromatic carbocycles. The highest BCUT2D eigenvalue weighted by Crippen LogP contribution is 2.32. The molecule has 2 aromatic rings. The van der Waals surface area contributed by atoms with Crippen LogP contribution in [0.1, 0.15) is 16.2 Å². The summed E-state index contributed by atoms with van der Waals surface area (Å²) in [6.45, 7) is 5.58. The lowest BCUT2D eigenvalue weighted by atomic mass is 10.3. The van der Waals surface area contributed by atoms with Gasteiger partial charge in [-0.1, -0.05) is 0 Å². The predicted molar refractivity (Wildman–Crippen MR) is 131 cm³/mol. The summed E-state index contributed by atoms with van der Waals surface area (Å²) in [5.41, 5.74) is 0.798. The second kappa shape index (κ2) is 11.2. The van der Waals surface area contributed by atoms with E-state index in [4.69, 9.17) is 9.47 Å². The van der Waals surface area contributed by atoms with E-state index in [0.29, 0.717) is 36.4 Å². The summed E-state index contributed by atoms with van der Waals surface area (Å²) in [4.78, 5) is 6.27. The van der Waals surface area contributed by atoms with Crippen molar-refractivity contribution in [2.45, 2.75) is 25.2 Å². The molecule has 0 amide bonds. The van der Waals surface area contributed by atoms with Crippen LogP contribution in [0.2, 0.25) is 0 Å². The van der Waals surface area contributed by atoms with Crippen LogP contribution in [0.25, 0.3) is 0 Å². The van der Waals surface area contributed by atoms with E-state index in [0.717, 1.165) is 27.6 Å². The fraction of sp³-hybridized carbons (Fsp3) is 0.421. The minimum absolute atomic E-state index is 0. The minimum Gasteiger partial charge on any atom is -0.490 e. The van der Waals surface area contributed by atoms with Crippen molar-refractivity contribution in [3.63, 3.8) is 0 Å². The van der Waals surface area contributed by atoms with Gasteiger partial charge in [0.15, 0.2) is 17.5 Å². The quantitative estimate of drug-likeness (QED) is 0.215. The third-order valence-electron chi connectivity index (χ3n) is 4.23. The van der Waals surface area contributed by atoms with Crippen molar-refractivity contribution in [1.82, 2.24) is 10.0 Å². The zero-order valence-electron chi connectivity index (χ0n) is 17.1. The van der Waals surface area contributed by atoms with E-state index < -0.39 is 10.0 Å². The molecular weight excluding hydrogens is 539 g/mol. The van der Waals surface area contributed by atoms with Gasteiger partial charge >= 0.3 is 0 Å². The molecule has 0 bridgehead atoms. The number of fused-ring (bicyclic) bond motifs is 1. The Labute approximate surface area is 198 Å². The number of halogens is 1. The second-order valence-corrected chi connectivity index (χ2v) is 9.71. The Balaban J connectivity index is 0.00000320. The Morgan fingerprint density at radius 1 is 1.13 bits per heavy atom. The fourth-order valence-electron chi connectivity index (χ4n) is 2.88. The number of thiophene rings is 1. The van der Waals surface area contributed by atoms with Gasteiger partial charge in [0.2, 0.25) is 10.0 Å². The maximum Gasteiger partial charge on any atom is 0.241 e. The Morgan fingerprint density at radius 3 is 2.53 bits per heavy atom. The average Bonchev–Trinajstić information content (AvgIpc) is 2.89. The first-order valence-corrected chi connectivity index (χ1v) is 11.6. The summed E-state index contributed by atoms with van der Waals surface area (Å²) < 4.78 is 38.8. The third-order valence-corrected chi connectivity index (χ3v) is 6.91. The van der Waals surface area contributed by atoms with Gasteiger partial charge in [0.1, 0.15) is 0 Å². The molecule has 1 aromatic heterocycles. The second-order valence-electron chi connectivity index (χ2n) is 6.51. The molecule has 30 heavy (non-hydrogen) atoms. The van der Waals surface area contributed by atoms with Crippen LogP contribution in [-0.4, -0.2) is 47.7 Å². The number of sulfonamides is 1. The summed E-state index contributed by atoms with van der Waals surface area (Å²) in [5, 5.41) is 6.27. The SMILES string of the molecule is CN=C(NCCNS(=O)(=O)c1cc(C)sc1C)Nc1ccc2c(c1)OCCCO2.I. The number of benzene rings is 1. The largest absolute Gasteiger partial charge is 0.490 e. The Hall–Kier alpha value is -1.57. The molecule has 0 atom stereocenters. The Morgan fingerprint density at radius 2 is 1.87 bits per heavy atom. The van der Waals surface area contributed by atoms with E-state index in [9.17, 15) is 8.42 Å². The topological polar surface area (TPSA) is 101 Å². The summed E-state index contributed by atoms with van der Waals surface area (Å²) in [7, 11) is -1.86. The molecule has 0 unspecified atom stereocenters. The zero-order valence-corrected chi connectivity index (χ0v) is 21.1. The van der Waals surface area contributed by atoms with E-state index in [1.807, 2.05) is 32.0 Å². The number of nitrogens with zero attached hydrogens (tertiary/aromatic N) is 1. The lowest BCUT2D eigenvalue weighted by Crippen LogP contribution is -2.37. The normalized spacial score (nSPS) is 13.9. The Bertz CT molecular complexity index is 992. The molecule has 0 saturated carbocycles. The van der Waals surface area contributed by atoms with Crippen molar-refractivity contribution in [2.75, 3.05) is 38.7 Å². The molecule has 11 heteroatoms. The van der Waals surface area contributed by atoms with Gasteiger partial charge in [0.05, 0.1) is 18.1 Å². The van der Waals surface area contributed by atoms with Crippen LogP contribution < -0.4 is 24.8 Å². The lowest BCUT2D eigenvalue weighted by molar-refractivity contribution is 0.297. The summed E-state index contributed by atoms with van der Waals surface area (Å²) in [5.74, 6) is 1.95. The van der Waals surface area contributed by atoms with Gasteiger partial charge in [0.25, 0.3) is 0 Å². The maximum atomic E-state index is 12.4.